The smallest absolute Gasteiger partial charge is 0.410 e. The number of carbonyl (C=O) groups is 3. The first kappa shape index (κ1) is 60.1. The molecule has 0 aromatic rings. The monoisotopic (exact) mass is 883 g/mol. The van der Waals surface area contributed by atoms with Gasteiger partial charge in [-0.3, -0.25) is 14.5 Å². The highest BCUT2D eigenvalue weighted by Gasteiger charge is 2.21. The molecule has 10 nitrogen and oxygen atoms in total. The van der Waals surface area contributed by atoms with Gasteiger partial charge in [0.05, 0.1) is 18.8 Å². The van der Waals surface area contributed by atoms with Crippen LogP contribution in [0.4, 0.5) is 4.79 Å². The van der Waals surface area contributed by atoms with E-state index in [-0.39, 0.29) is 24.1 Å². The molecule has 0 rings (SSSR count). The van der Waals surface area contributed by atoms with Crippen LogP contribution in [0.2, 0.25) is 0 Å². The number of unbranched alkanes of at least 4 members (excludes halogenated alkanes) is 21. The zero-order chi connectivity index (χ0) is 46.1. The highest BCUT2D eigenvalue weighted by molar-refractivity contribution is 5.69. The van der Waals surface area contributed by atoms with E-state index in [2.05, 4.69) is 25.7 Å². The number of amides is 1. The van der Waals surface area contributed by atoms with Crippen LogP contribution in [0.5, 0.6) is 0 Å². The predicted molar refractivity (Wildman–Crippen MR) is 258 cm³/mol. The van der Waals surface area contributed by atoms with Crippen molar-refractivity contribution in [3.8, 4) is 0 Å². The van der Waals surface area contributed by atoms with Gasteiger partial charge in [-0.2, -0.15) is 0 Å². The zero-order valence-corrected chi connectivity index (χ0v) is 41.8. The van der Waals surface area contributed by atoms with Crippen molar-refractivity contribution in [1.82, 2.24) is 9.80 Å². The van der Waals surface area contributed by atoms with E-state index in [0.29, 0.717) is 64.9 Å². The topological polar surface area (TPSA) is 126 Å². The van der Waals surface area contributed by atoms with Crippen molar-refractivity contribution >= 4 is 18.0 Å². The molecule has 0 radical (unpaired) electrons. The lowest BCUT2D eigenvalue weighted by atomic mass is 10.0. The van der Waals surface area contributed by atoms with Gasteiger partial charge in [-0.05, 0) is 97.9 Å². The highest BCUT2D eigenvalue weighted by Crippen LogP contribution is 2.19. The highest BCUT2D eigenvalue weighted by atomic mass is 16.6. The Kier molecular flexibility index (Phi) is 40.5. The van der Waals surface area contributed by atoms with Gasteiger partial charge in [0.2, 0.25) is 0 Å². The molecule has 0 saturated carbocycles. The van der Waals surface area contributed by atoms with Crippen molar-refractivity contribution < 1.29 is 38.8 Å². The van der Waals surface area contributed by atoms with Crippen molar-refractivity contribution in [3.05, 3.63) is 0 Å². The van der Waals surface area contributed by atoms with Crippen LogP contribution in [0.3, 0.4) is 0 Å². The van der Waals surface area contributed by atoms with E-state index >= 15 is 0 Å². The second-order valence-electron chi connectivity index (χ2n) is 19.4. The molecule has 0 aromatic heterocycles. The molecule has 62 heavy (non-hydrogen) atoms. The fourth-order valence-corrected chi connectivity index (χ4v) is 7.94. The summed E-state index contributed by atoms with van der Waals surface area (Å²) in [5, 5.41) is 22.1. The van der Waals surface area contributed by atoms with Crippen LogP contribution in [-0.2, 0) is 23.8 Å². The average molecular weight is 883 g/mol. The van der Waals surface area contributed by atoms with E-state index in [1.807, 2.05) is 20.8 Å². The second-order valence-corrected chi connectivity index (χ2v) is 19.4. The van der Waals surface area contributed by atoms with Gasteiger partial charge in [-0.1, -0.05) is 149 Å². The van der Waals surface area contributed by atoms with Crippen LogP contribution < -0.4 is 0 Å². The van der Waals surface area contributed by atoms with Gasteiger partial charge in [0.25, 0.3) is 0 Å². The summed E-state index contributed by atoms with van der Waals surface area (Å²) >= 11 is 0. The van der Waals surface area contributed by atoms with Crippen LogP contribution in [0, 0.1) is 0 Å². The van der Waals surface area contributed by atoms with Crippen LogP contribution in [0.15, 0.2) is 0 Å². The molecule has 2 unspecified atom stereocenters. The molecule has 10 heteroatoms. The molecular formula is C52H102N2O8. The van der Waals surface area contributed by atoms with Gasteiger partial charge in [-0.15, -0.1) is 0 Å². The number of hydrogen-bond donors (Lipinski definition) is 2. The van der Waals surface area contributed by atoms with Gasteiger partial charge < -0.3 is 29.3 Å². The third kappa shape index (κ3) is 40.8. The third-order valence-corrected chi connectivity index (χ3v) is 11.8. The lowest BCUT2D eigenvalue weighted by molar-refractivity contribution is -0.150. The first-order valence-corrected chi connectivity index (χ1v) is 26.2. The molecule has 368 valence electrons. The molecule has 0 fully saturated rings. The largest absolute Gasteiger partial charge is 0.466 e. The molecule has 0 aliphatic heterocycles. The molecule has 0 aliphatic carbocycles. The summed E-state index contributed by atoms with van der Waals surface area (Å²) in [6.45, 7) is 14.8. The van der Waals surface area contributed by atoms with Gasteiger partial charge in [0.1, 0.15) is 11.7 Å². The van der Waals surface area contributed by atoms with Gasteiger partial charge in [0.15, 0.2) is 0 Å². The SMILES string of the molecule is CCCCCCCCCCCOC(=O)CCCC(O)CN(CCCCN(C)C(=O)OC(C)(C)C)CC(O)CCCCCC(=O)OC(CCCCCCCC)CCCCCCCC. The molecule has 1 amide bonds. The molecule has 0 aliphatic rings. The molecule has 0 aromatic carbocycles. The van der Waals surface area contributed by atoms with E-state index < -0.39 is 17.8 Å². The molecule has 0 spiro atoms. The Labute approximate surface area is 382 Å². The first-order chi connectivity index (χ1) is 29.8. The number of esters is 2. The van der Waals surface area contributed by atoms with E-state index in [0.717, 1.165) is 70.6 Å². The maximum absolute atomic E-state index is 12.9. The summed E-state index contributed by atoms with van der Waals surface area (Å²) in [7, 11) is 1.74. The minimum absolute atomic E-state index is 0.0314. The van der Waals surface area contributed by atoms with Crippen LogP contribution in [0.25, 0.3) is 0 Å². The Morgan fingerprint density at radius 3 is 1.44 bits per heavy atom. The predicted octanol–water partition coefficient (Wildman–Crippen LogP) is 13.3. The average Bonchev–Trinajstić information content (AvgIpc) is 3.21. The first-order valence-electron chi connectivity index (χ1n) is 26.2. The maximum Gasteiger partial charge on any atom is 0.410 e. The molecule has 2 atom stereocenters. The van der Waals surface area contributed by atoms with Gasteiger partial charge in [-0.25, -0.2) is 4.79 Å². The Balaban J connectivity index is 4.82. The lowest BCUT2D eigenvalue weighted by Crippen LogP contribution is -2.39. The number of ether oxygens (including phenoxy) is 3. The van der Waals surface area contributed by atoms with E-state index in [1.165, 1.54) is 109 Å². The number of rotatable bonds is 44. The van der Waals surface area contributed by atoms with Crippen molar-refractivity contribution in [2.75, 3.05) is 39.8 Å². The molecule has 0 bridgehead atoms. The summed E-state index contributed by atoms with van der Waals surface area (Å²) in [6.07, 6.45) is 32.6. The van der Waals surface area contributed by atoms with Crippen molar-refractivity contribution in [2.45, 2.75) is 277 Å². The van der Waals surface area contributed by atoms with Crippen LogP contribution >= 0.6 is 0 Å². The standard InChI is InChI=1S/C52H102N2O8/c1-8-11-14-17-20-21-22-25-33-43-60-49(57)40-34-36-47(56)45-54(42-32-31-41-53(7)51(59)62-52(4,5)6)44-46(55)35-27-26-30-39-50(58)61-48(37-28-23-18-15-12-9-2)38-29-24-19-16-13-10-3/h46-48,55-56H,8-45H2,1-7H3. The van der Waals surface area contributed by atoms with Crippen molar-refractivity contribution in [3.63, 3.8) is 0 Å². The number of carbonyl (C=O) groups excluding carboxylic acids is 3. The van der Waals surface area contributed by atoms with E-state index in [9.17, 15) is 24.6 Å². The summed E-state index contributed by atoms with van der Waals surface area (Å²) < 4.78 is 17.0. The van der Waals surface area contributed by atoms with Crippen molar-refractivity contribution in [1.29, 1.82) is 0 Å². The quantitative estimate of drug-likeness (QED) is 0.0349. The van der Waals surface area contributed by atoms with E-state index in [1.54, 1.807) is 11.9 Å². The Morgan fingerprint density at radius 1 is 0.500 bits per heavy atom. The summed E-state index contributed by atoms with van der Waals surface area (Å²) in [6, 6.07) is 0. The molecule has 2 N–H and O–H groups in total. The zero-order valence-electron chi connectivity index (χ0n) is 41.8. The molecule has 0 heterocycles. The molecule has 0 saturated heterocycles. The van der Waals surface area contributed by atoms with E-state index in [4.69, 9.17) is 14.2 Å². The Morgan fingerprint density at radius 2 is 0.919 bits per heavy atom. The number of aliphatic hydroxyl groups is 2. The lowest BCUT2D eigenvalue weighted by Gasteiger charge is -2.28. The normalized spacial score (nSPS) is 12.8. The van der Waals surface area contributed by atoms with Crippen LogP contribution in [0.1, 0.15) is 253 Å². The fourth-order valence-electron chi connectivity index (χ4n) is 7.94. The minimum Gasteiger partial charge on any atom is -0.466 e. The minimum atomic E-state index is -0.631. The second kappa shape index (κ2) is 41.8. The van der Waals surface area contributed by atoms with Crippen LogP contribution in [-0.4, -0.2) is 102 Å². The number of aliphatic hydroxyl groups excluding tert-OH is 2. The fraction of sp³-hybridized carbons (Fsp3) is 0.942. The third-order valence-electron chi connectivity index (χ3n) is 11.8. The number of hydrogen-bond acceptors (Lipinski definition) is 9. The molecular weight excluding hydrogens is 781 g/mol. The summed E-state index contributed by atoms with van der Waals surface area (Å²) in [4.78, 5) is 41.4. The maximum atomic E-state index is 12.9. The summed E-state index contributed by atoms with van der Waals surface area (Å²) in [5.74, 6) is -0.287. The Hall–Kier alpha value is -1.91. The van der Waals surface area contributed by atoms with Crippen molar-refractivity contribution in [2.24, 2.45) is 0 Å². The number of nitrogens with zero attached hydrogens (tertiary/aromatic N) is 2. The Bertz CT molecular complexity index is 1020. The van der Waals surface area contributed by atoms with Gasteiger partial charge >= 0.3 is 18.0 Å². The van der Waals surface area contributed by atoms with Gasteiger partial charge in [0, 0.05) is 39.5 Å². The summed E-state index contributed by atoms with van der Waals surface area (Å²) in [5.41, 5.74) is -0.551.